The molecule has 232 valence electrons. The number of nitrogens with zero attached hydrogens (tertiary/aromatic N) is 2. The van der Waals surface area contributed by atoms with Crippen LogP contribution in [0.2, 0.25) is 0 Å². The van der Waals surface area contributed by atoms with Gasteiger partial charge in [-0.25, -0.2) is 4.90 Å². The number of alkyl halides is 3. The molecule has 7 rings (SSSR count). The van der Waals surface area contributed by atoms with Crippen LogP contribution in [0.4, 0.5) is 24.5 Å². The fourth-order valence-corrected chi connectivity index (χ4v) is 9.08. The van der Waals surface area contributed by atoms with Crippen molar-refractivity contribution >= 4 is 78.9 Å². The number of thioether (sulfide) groups is 1. The van der Waals surface area contributed by atoms with Crippen LogP contribution in [-0.4, -0.2) is 27.5 Å². The third-order valence-electron chi connectivity index (χ3n) is 8.06. The van der Waals surface area contributed by atoms with Gasteiger partial charge in [0.1, 0.15) is 11.8 Å². The van der Waals surface area contributed by atoms with Gasteiger partial charge in [-0.3, -0.25) is 23.7 Å². The maximum atomic E-state index is 14.0. The Kier molecular flexibility index (Phi) is 7.65. The number of anilines is 2. The van der Waals surface area contributed by atoms with Gasteiger partial charge in [0.05, 0.1) is 22.2 Å². The minimum absolute atomic E-state index is 0.338. The van der Waals surface area contributed by atoms with Gasteiger partial charge >= 0.3 is 11.0 Å². The number of carbonyl (C=O) groups excluding carboxylic acids is 3. The number of thiazole rings is 1. The summed E-state index contributed by atoms with van der Waals surface area (Å²) in [6.07, 6.45) is -4.80. The standard InChI is InChI=1S/C33H21BrF3N3O4S2/c34-20-12-9-18(10-13-20)25-26-27(30(43)40(29(26)42)23-8-4-3-7-22(23)33(35,36)37)45-31-28(25)46-32(44)39(31)16-24(41)38-21-14-11-17-5-1-2-6-19(17)15-21/h1-15,25-27H,16H2,(H,38,41). The van der Waals surface area contributed by atoms with Crippen molar-refractivity contribution in [3.8, 4) is 0 Å². The average Bonchev–Trinajstić information content (AvgIpc) is 3.47. The molecule has 0 spiro atoms. The highest BCUT2D eigenvalue weighted by Gasteiger charge is 2.57. The first-order chi connectivity index (χ1) is 22.0. The summed E-state index contributed by atoms with van der Waals surface area (Å²) in [6, 6.07) is 24.6. The Morgan fingerprint density at radius 1 is 0.870 bits per heavy atom. The average molecular weight is 725 g/mol. The highest BCUT2D eigenvalue weighted by atomic mass is 79.9. The van der Waals surface area contributed by atoms with Crippen LogP contribution in [0.1, 0.15) is 21.9 Å². The number of fused-ring (bicyclic) bond motifs is 3. The molecular weight excluding hydrogens is 703 g/mol. The molecule has 7 nitrogen and oxygen atoms in total. The monoisotopic (exact) mass is 723 g/mol. The lowest BCUT2D eigenvalue weighted by atomic mass is 9.83. The molecule has 1 N–H and O–H groups in total. The summed E-state index contributed by atoms with van der Waals surface area (Å²) in [6.45, 7) is -0.363. The summed E-state index contributed by atoms with van der Waals surface area (Å²) in [5.41, 5.74) is -0.486. The van der Waals surface area contributed by atoms with Crippen molar-refractivity contribution in [2.24, 2.45) is 5.92 Å². The third-order valence-corrected chi connectivity index (χ3v) is 11.2. The molecule has 2 aliphatic heterocycles. The number of carbonyl (C=O) groups is 3. The van der Waals surface area contributed by atoms with E-state index in [1.165, 1.54) is 16.7 Å². The van der Waals surface area contributed by atoms with Gasteiger partial charge in [-0.1, -0.05) is 93.6 Å². The Balaban J connectivity index is 1.28. The largest absolute Gasteiger partial charge is 0.418 e. The van der Waals surface area contributed by atoms with Gasteiger partial charge in [0.2, 0.25) is 17.7 Å². The molecule has 3 unspecified atom stereocenters. The Labute approximate surface area is 276 Å². The highest BCUT2D eigenvalue weighted by molar-refractivity contribution is 9.10. The molecule has 0 radical (unpaired) electrons. The number of amides is 3. The van der Waals surface area contributed by atoms with E-state index in [-0.39, 0.29) is 6.54 Å². The molecule has 5 aromatic rings. The molecule has 2 aliphatic rings. The first kappa shape index (κ1) is 30.5. The quantitative estimate of drug-likeness (QED) is 0.193. The predicted octanol–water partition coefficient (Wildman–Crippen LogP) is 7.28. The highest BCUT2D eigenvalue weighted by Crippen LogP contribution is 2.54. The van der Waals surface area contributed by atoms with Gasteiger partial charge in [0.15, 0.2) is 0 Å². The zero-order chi connectivity index (χ0) is 32.3. The molecule has 0 bridgehead atoms. The summed E-state index contributed by atoms with van der Waals surface area (Å²) in [5, 5.41) is 3.95. The topological polar surface area (TPSA) is 88.5 Å². The van der Waals surface area contributed by atoms with Crippen LogP contribution >= 0.6 is 39.0 Å². The van der Waals surface area contributed by atoms with Crippen molar-refractivity contribution in [2.75, 3.05) is 10.2 Å². The Hall–Kier alpha value is -4.20. The predicted molar refractivity (Wildman–Crippen MR) is 174 cm³/mol. The van der Waals surface area contributed by atoms with Crippen molar-refractivity contribution in [1.29, 1.82) is 0 Å². The van der Waals surface area contributed by atoms with Crippen molar-refractivity contribution in [1.82, 2.24) is 4.57 Å². The summed E-state index contributed by atoms with van der Waals surface area (Å²) in [5.74, 6) is -3.95. The van der Waals surface area contributed by atoms with Crippen LogP contribution in [0.5, 0.6) is 0 Å². The summed E-state index contributed by atoms with van der Waals surface area (Å²) < 4.78 is 44.0. The SMILES string of the molecule is O=C(Cn1c2c(sc1=O)C(c1ccc(Br)cc1)C1C(=O)N(c3ccccc3C(F)(F)F)C(=O)C1S2)Nc1ccc2ccccc2c1. The van der Waals surface area contributed by atoms with E-state index in [4.69, 9.17) is 0 Å². The number of halogens is 4. The van der Waals surface area contributed by atoms with Gasteiger partial charge in [-0.05, 0) is 52.7 Å². The van der Waals surface area contributed by atoms with Gasteiger partial charge in [0.25, 0.3) is 0 Å². The second-order valence-electron chi connectivity index (χ2n) is 10.9. The summed E-state index contributed by atoms with van der Waals surface area (Å²) in [7, 11) is 0. The summed E-state index contributed by atoms with van der Waals surface area (Å²) >= 11 is 5.20. The molecule has 4 aromatic carbocycles. The van der Waals surface area contributed by atoms with Crippen LogP contribution in [0, 0.1) is 5.92 Å². The number of benzene rings is 4. The maximum absolute atomic E-state index is 14.0. The molecule has 1 fully saturated rings. The molecule has 1 aromatic heterocycles. The van der Waals surface area contributed by atoms with Gasteiger partial charge in [0, 0.05) is 21.0 Å². The van der Waals surface area contributed by atoms with E-state index >= 15 is 0 Å². The zero-order valence-electron chi connectivity index (χ0n) is 23.5. The van der Waals surface area contributed by atoms with Crippen LogP contribution in [-0.2, 0) is 27.1 Å². The van der Waals surface area contributed by atoms with Crippen LogP contribution in [0.25, 0.3) is 10.8 Å². The molecule has 3 heterocycles. The van der Waals surface area contributed by atoms with E-state index in [9.17, 15) is 32.3 Å². The van der Waals surface area contributed by atoms with Crippen LogP contribution in [0.15, 0.2) is 105 Å². The normalized spacial score (nSPS) is 19.3. The second-order valence-corrected chi connectivity index (χ2v) is 13.9. The lowest BCUT2D eigenvalue weighted by Gasteiger charge is -2.30. The fourth-order valence-electron chi connectivity index (χ4n) is 6.04. The minimum Gasteiger partial charge on any atom is -0.325 e. The molecule has 1 saturated heterocycles. The Morgan fingerprint density at radius 3 is 2.30 bits per heavy atom. The van der Waals surface area contributed by atoms with Gasteiger partial charge in [-0.15, -0.1) is 0 Å². The maximum Gasteiger partial charge on any atom is 0.418 e. The van der Waals surface area contributed by atoms with E-state index in [0.29, 0.717) is 26.1 Å². The second kappa shape index (κ2) is 11.6. The lowest BCUT2D eigenvalue weighted by Crippen LogP contribution is -2.33. The van der Waals surface area contributed by atoms with Crippen molar-refractivity contribution in [2.45, 2.75) is 28.9 Å². The smallest absolute Gasteiger partial charge is 0.325 e. The minimum atomic E-state index is -4.80. The number of hydrogen-bond acceptors (Lipinski definition) is 6. The van der Waals surface area contributed by atoms with E-state index < -0.39 is 57.1 Å². The van der Waals surface area contributed by atoms with Crippen LogP contribution < -0.4 is 15.1 Å². The number of imide groups is 1. The van der Waals surface area contributed by atoms with Gasteiger partial charge < -0.3 is 5.32 Å². The molecule has 13 heteroatoms. The zero-order valence-corrected chi connectivity index (χ0v) is 26.7. The Bertz CT molecular complexity index is 2110. The van der Waals surface area contributed by atoms with Gasteiger partial charge in [-0.2, -0.15) is 13.2 Å². The number of hydrogen-bond donors (Lipinski definition) is 1. The van der Waals surface area contributed by atoms with Crippen molar-refractivity contribution in [3.63, 3.8) is 0 Å². The van der Waals surface area contributed by atoms with E-state index in [1.807, 2.05) is 36.4 Å². The fraction of sp³-hybridized carbons (Fsp3) is 0.152. The van der Waals surface area contributed by atoms with Crippen molar-refractivity contribution in [3.05, 3.63) is 121 Å². The van der Waals surface area contributed by atoms with E-state index in [2.05, 4.69) is 21.2 Å². The molecule has 3 atom stereocenters. The number of rotatable bonds is 5. The third kappa shape index (κ3) is 5.25. The van der Waals surface area contributed by atoms with Crippen molar-refractivity contribution < 1.29 is 27.6 Å². The molecule has 0 saturated carbocycles. The first-order valence-electron chi connectivity index (χ1n) is 14.0. The molecule has 46 heavy (non-hydrogen) atoms. The van der Waals surface area contributed by atoms with E-state index in [1.54, 1.807) is 30.3 Å². The lowest BCUT2D eigenvalue weighted by molar-refractivity contribution is -0.137. The molecule has 3 amide bonds. The number of para-hydroxylation sites is 1. The molecular formula is C33H21BrF3N3O4S2. The summed E-state index contributed by atoms with van der Waals surface area (Å²) in [4.78, 5) is 55.2. The molecule has 0 aliphatic carbocycles. The first-order valence-corrected chi connectivity index (χ1v) is 16.5. The number of aromatic nitrogens is 1. The van der Waals surface area contributed by atoms with Crippen LogP contribution in [0.3, 0.4) is 0 Å². The number of nitrogens with one attached hydrogen (secondary N) is 1. The Morgan fingerprint density at radius 2 is 1.57 bits per heavy atom. The van der Waals surface area contributed by atoms with E-state index in [0.717, 1.165) is 50.5 Å².